The van der Waals surface area contributed by atoms with Crippen molar-refractivity contribution in [3.05, 3.63) is 58.7 Å². The van der Waals surface area contributed by atoms with Gasteiger partial charge in [-0.2, -0.15) is 5.10 Å². The van der Waals surface area contributed by atoms with Crippen molar-refractivity contribution >= 4 is 22.7 Å². The van der Waals surface area contributed by atoms with Crippen LogP contribution in [0.15, 0.2) is 29.4 Å². The number of nitrogens with zero attached hydrogens (tertiary/aromatic N) is 5. The predicted octanol–water partition coefficient (Wildman–Crippen LogP) is 4.23. The molecule has 2 fully saturated rings. The molecule has 1 saturated carbocycles. The molecular weight excluding hydrogens is 534 g/mol. The Morgan fingerprint density at radius 1 is 1.15 bits per heavy atom. The molecule has 2 aromatic rings. The molecule has 2 N–H and O–H groups in total. The molecule has 40 heavy (non-hydrogen) atoms. The minimum Gasteiger partial charge on any atom is -0.390 e. The van der Waals surface area contributed by atoms with Gasteiger partial charge in [-0.05, 0) is 78.5 Å². The number of likely N-dealkylation sites (tertiary alicyclic amines) is 1. The van der Waals surface area contributed by atoms with Crippen LogP contribution in [0.4, 0.5) is 8.78 Å². The van der Waals surface area contributed by atoms with E-state index in [1.165, 1.54) is 23.9 Å². The third-order valence-corrected chi connectivity index (χ3v) is 9.22. The number of nitrogens with one attached hydrogen (secondary N) is 1. The third kappa shape index (κ3) is 6.01. The van der Waals surface area contributed by atoms with Crippen molar-refractivity contribution in [1.29, 1.82) is 0 Å². The van der Waals surface area contributed by atoms with Gasteiger partial charge in [0.2, 0.25) is 5.91 Å². The number of aliphatic hydroxyl groups is 1. The second-order valence-electron chi connectivity index (χ2n) is 12.4. The summed E-state index contributed by atoms with van der Waals surface area (Å²) in [5.74, 6) is -0.400. The summed E-state index contributed by atoms with van der Waals surface area (Å²) in [5.41, 5.74) is -0.0392. The molecule has 1 aliphatic carbocycles. The van der Waals surface area contributed by atoms with E-state index in [1.807, 2.05) is 45.7 Å². The summed E-state index contributed by atoms with van der Waals surface area (Å²) in [6.45, 7) is 10.8. The number of amides is 1. The Bertz CT molecular complexity index is 1300. The van der Waals surface area contributed by atoms with E-state index >= 15 is 0 Å². The molecule has 0 unspecified atom stereocenters. The highest BCUT2D eigenvalue weighted by atomic mass is 32.2. The zero-order valence-corrected chi connectivity index (χ0v) is 24.6. The van der Waals surface area contributed by atoms with E-state index in [1.54, 1.807) is 0 Å². The van der Waals surface area contributed by atoms with Crippen molar-refractivity contribution in [2.45, 2.75) is 89.4 Å². The van der Waals surface area contributed by atoms with E-state index in [4.69, 9.17) is 5.10 Å². The van der Waals surface area contributed by atoms with Crippen LogP contribution >= 0.6 is 11.8 Å². The van der Waals surface area contributed by atoms with Gasteiger partial charge >= 0.3 is 0 Å². The maximum absolute atomic E-state index is 14.5. The van der Waals surface area contributed by atoms with Gasteiger partial charge in [0.05, 0.1) is 29.0 Å². The molecule has 1 saturated heterocycles. The third-order valence-electron chi connectivity index (χ3n) is 8.27. The Morgan fingerprint density at radius 2 is 1.80 bits per heavy atom. The lowest BCUT2D eigenvalue weighted by molar-refractivity contribution is -0.134. The highest BCUT2D eigenvalue weighted by Crippen LogP contribution is 2.42. The molecule has 1 aromatic carbocycles. The lowest BCUT2D eigenvalue weighted by Crippen LogP contribution is -2.72. The molecule has 1 amide bonds. The zero-order valence-electron chi connectivity index (χ0n) is 23.8. The van der Waals surface area contributed by atoms with Crippen molar-refractivity contribution in [2.75, 3.05) is 19.0 Å². The average Bonchev–Trinajstić information content (AvgIpc) is 3.31. The van der Waals surface area contributed by atoms with Crippen molar-refractivity contribution < 1.29 is 18.7 Å². The smallest absolute Gasteiger partial charge is 0.223 e. The van der Waals surface area contributed by atoms with E-state index in [0.29, 0.717) is 35.9 Å². The van der Waals surface area contributed by atoms with E-state index in [2.05, 4.69) is 20.2 Å². The molecule has 3 aliphatic rings. The topological polar surface area (TPSA) is 94.0 Å². The van der Waals surface area contributed by atoms with Gasteiger partial charge in [0.15, 0.2) is 5.82 Å². The molecule has 0 atom stereocenters. The first-order chi connectivity index (χ1) is 18.8. The number of rotatable bonds is 7. The first-order valence-corrected chi connectivity index (χ1v) is 14.8. The maximum atomic E-state index is 14.5. The second kappa shape index (κ2) is 10.6. The summed E-state index contributed by atoms with van der Waals surface area (Å²) in [4.78, 5) is 25.1. The van der Waals surface area contributed by atoms with Gasteiger partial charge in [0.1, 0.15) is 16.7 Å². The Morgan fingerprint density at radius 3 is 2.42 bits per heavy atom. The van der Waals surface area contributed by atoms with E-state index in [9.17, 15) is 18.7 Å². The minimum atomic E-state index is -0.779. The summed E-state index contributed by atoms with van der Waals surface area (Å²) in [5, 5.41) is 20.7. The molecule has 216 valence electrons. The van der Waals surface area contributed by atoms with Crippen LogP contribution < -0.4 is 5.32 Å². The maximum Gasteiger partial charge on any atom is 0.223 e. The van der Waals surface area contributed by atoms with E-state index < -0.39 is 28.3 Å². The number of halogens is 2. The number of hydrazone groups is 1. The number of carbonyl (C=O) groups is 1. The minimum absolute atomic E-state index is 0.138. The molecule has 0 radical (unpaired) electrons. The van der Waals surface area contributed by atoms with Gasteiger partial charge < -0.3 is 10.4 Å². The monoisotopic (exact) mass is 572 g/mol. The van der Waals surface area contributed by atoms with Crippen LogP contribution in [-0.4, -0.2) is 72.1 Å². The number of hydrogen-bond acceptors (Lipinski definition) is 8. The fourth-order valence-corrected chi connectivity index (χ4v) is 7.06. The fraction of sp³-hybridized carbons (Fsp3) is 0.586. The van der Waals surface area contributed by atoms with E-state index in [-0.39, 0.29) is 17.9 Å². The SMILES string of the molecule is Cc1cc(C)nc(C(C)(C)NC(=O)CC2(N3CSC(c4ccc(F)cc4F)=N3)CN(C3CCC(C)(O)CC3)C2)n1. The van der Waals surface area contributed by atoms with Crippen LogP contribution in [0.3, 0.4) is 0 Å². The van der Waals surface area contributed by atoms with Crippen LogP contribution in [0.25, 0.3) is 0 Å². The van der Waals surface area contributed by atoms with Crippen LogP contribution in [0.5, 0.6) is 0 Å². The summed E-state index contributed by atoms with van der Waals surface area (Å²) < 4.78 is 28.1. The molecule has 3 heterocycles. The Labute approximate surface area is 238 Å². The van der Waals surface area contributed by atoms with Gasteiger partial charge in [-0.15, -0.1) is 0 Å². The summed E-state index contributed by atoms with van der Waals surface area (Å²) in [6.07, 6.45) is 3.49. The lowest BCUT2D eigenvalue weighted by atomic mass is 9.78. The Hall–Kier alpha value is -2.63. The van der Waals surface area contributed by atoms with Gasteiger partial charge in [-0.25, -0.2) is 18.7 Å². The van der Waals surface area contributed by atoms with Gasteiger partial charge in [-0.1, -0.05) is 11.8 Å². The quantitative estimate of drug-likeness (QED) is 0.513. The molecule has 5 rings (SSSR count). The molecule has 2 aliphatic heterocycles. The average molecular weight is 573 g/mol. The van der Waals surface area contributed by atoms with Gasteiger partial charge in [-0.3, -0.25) is 14.7 Å². The van der Waals surface area contributed by atoms with Crippen LogP contribution in [0.1, 0.15) is 75.7 Å². The van der Waals surface area contributed by atoms with Crippen molar-refractivity contribution in [3.8, 4) is 0 Å². The number of aromatic nitrogens is 2. The van der Waals surface area contributed by atoms with Gasteiger partial charge in [0, 0.05) is 42.1 Å². The van der Waals surface area contributed by atoms with Crippen molar-refractivity contribution in [1.82, 2.24) is 25.2 Å². The summed E-state index contributed by atoms with van der Waals surface area (Å²) in [7, 11) is 0. The van der Waals surface area contributed by atoms with E-state index in [0.717, 1.165) is 43.1 Å². The highest BCUT2D eigenvalue weighted by molar-refractivity contribution is 8.14. The standard InChI is InChI=1S/C29H38F2N6O2S/c1-18-12-19(2)33-26(32-18)27(3,4)34-24(38)14-29(15-36(16-29)21-8-10-28(5,39)11-9-21)37-17-40-25(35-37)22-7-6-20(30)13-23(22)31/h6-7,12-13,21,39H,8-11,14-17H2,1-5H3,(H,34,38). The Balaban J connectivity index is 1.35. The van der Waals surface area contributed by atoms with Crippen molar-refractivity contribution in [2.24, 2.45) is 5.10 Å². The highest BCUT2D eigenvalue weighted by Gasteiger charge is 2.53. The van der Waals surface area contributed by atoms with Gasteiger partial charge in [0.25, 0.3) is 0 Å². The van der Waals surface area contributed by atoms with Crippen LogP contribution in [0, 0.1) is 25.5 Å². The van der Waals surface area contributed by atoms with Crippen LogP contribution in [-0.2, 0) is 10.3 Å². The molecular formula is C29H38F2N6O2S. The number of benzene rings is 1. The predicted molar refractivity (Wildman–Crippen MR) is 152 cm³/mol. The number of carbonyl (C=O) groups excluding carboxylic acids is 1. The van der Waals surface area contributed by atoms with Crippen LogP contribution in [0.2, 0.25) is 0 Å². The number of hydrogen-bond donors (Lipinski definition) is 2. The van der Waals surface area contributed by atoms with Crippen molar-refractivity contribution in [3.63, 3.8) is 0 Å². The summed E-state index contributed by atoms with van der Waals surface area (Å²) >= 11 is 1.39. The Kier molecular flexibility index (Phi) is 7.69. The first kappa shape index (κ1) is 28.9. The molecule has 0 bridgehead atoms. The first-order valence-electron chi connectivity index (χ1n) is 13.8. The molecule has 0 spiro atoms. The number of aryl methyl sites for hydroxylation is 2. The second-order valence-corrected chi connectivity index (χ2v) is 13.3. The molecule has 1 aromatic heterocycles. The fourth-order valence-electron chi connectivity index (χ4n) is 6.00. The summed E-state index contributed by atoms with van der Waals surface area (Å²) in [6, 6.07) is 5.74. The molecule has 11 heteroatoms. The molecule has 8 nitrogen and oxygen atoms in total. The zero-order chi connectivity index (χ0) is 28.9. The largest absolute Gasteiger partial charge is 0.390 e. The number of thioether (sulfide) groups is 1. The lowest BCUT2D eigenvalue weighted by Gasteiger charge is -2.57. The normalized spacial score (nSPS) is 24.9.